The quantitative estimate of drug-likeness (QED) is 0.650. The van der Waals surface area contributed by atoms with E-state index in [4.69, 9.17) is 21.1 Å². The van der Waals surface area contributed by atoms with Gasteiger partial charge in [0.1, 0.15) is 15.4 Å². The number of carbonyl (C=O) groups is 1. The first-order valence-electron chi connectivity index (χ1n) is 7.99. The molecule has 0 saturated carbocycles. The maximum atomic E-state index is 12.4. The Balaban J connectivity index is 1.87. The number of nitrogens with one attached hydrogen (secondary N) is 2. The van der Waals surface area contributed by atoms with Crippen LogP contribution >= 0.6 is 22.9 Å². The zero-order valence-corrected chi connectivity index (χ0v) is 16.7. The van der Waals surface area contributed by atoms with Gasteiger partial charge < -0.3 is 20.1 Å². The molecule has 27 heavy (non-hydrogen) atoms. The summed E-state index contributed by atoms with van der Waals surface area (Å²) in [5.41, 5.74) is 2.44. The lowest BCUT2D eigenvalue weighted by atomic mass is 10.1. The molecule has 8 nitrogen and oxygen atoms in total. The fourth-order valence-corrected chi connectivity index (χ4v) is 3.58. The third-order valence-corrected chi connectivity index (χ3v) is 4.99. The fraction of sp³-hybridized carbons (Fsp3) is 0.294. The topological polar surface area (TPSA) is 98.3 Å². The monoisotopic (exact) mass is 407 g/mol. The van der Waals surface area contributed by atoms with Crippen molar-refractivity contribution < 1.29 is 14.3 Å². The van der Waals surface area contributed by atoms with Crippen LogP contribution in [0.1, 0.15) is 23.6 Å². The minimum Gasteiger partial charge on any atom is -0.480 e. The highest BCUT2D eigenvalue weighted by Crippen LogP contribution is 2.33. The number of pyridine rings is 2. The van der Waals surface area contributed by atoms with Gasteiger partial charge in [-0.3, -0.25) is 0 Å². The van der Waals surface area contributed by atoms with Gasteiger partial charge in [0, 0.05) is 12.7 Å². The Kier molecular flexibility index (Phi) is 5.73. The number of ether oxygens (including phenoxy) is 2. The predicted octanol–water partition coefficient (Wildman–Crippen LogP) is 4.41. The standard InChI is InChI=1S/C17H18ClN5O3S/c1-8(25-3)13-12(7-20-16-14(13)21-9(2)27-16)23-17(24)22-10-5-11(18)15(26-4)19-6-10/h5-8H,1-4H3,(H2,22,23,24). The lowest BCUT2D eigenvalue weighted by Crippen LogP contribution is -2.21. The first-order valence-corrected chi connectivity index (χ1v) is 9.18. The smallest absolute Gasteiger partial charge is 0.323 e. The molecule has 3 rings (SSSR count). The van der Waals surface area contributed by atoms with Crippen molar-refractivity contribution in [1.82, 2.24) is 15.0 Å². The van der Waals surface area contributed by atoms with Crippen LogP contribution in [0.3, 0.4) is 0 Å². The van der Waals surface area contributed by atoms with Crippen molar-refractivity contribution in [3.8, 4) is 5.88 Å². The van der Waals surface area contributed by atoms with Crippen LogP contribution in [-0.4, -0.2) is 35.2 Å². The zero-order valence-electron chi connectivity index (χ0n) is 15.2. The van der Waals surface area contributed by atoms with E-state index in [1.165, 1.54) is 24.6 Å². The lowest BCUT2D eigenvalue weighted by Gasteiger charge is -2.16. The van der Waals surface area contributed by atoms with Crippen molar-refractivity contribution in [2.45, 2.75) is 20.0 Å². The molecule has 0 saturated heterocycles. The number of carbonyl (C=O) groups excluding carboxylic acids is 1. The molecule has 0 aromatic carbocycles. The summed E-state index contributed by atoms with van der Waals surface area (Å²) in [6.45, 7) is 3.80. The number of aryl methyl sites for hydroxylation is 1. The lowest BCUT2D eigenvalue weighted by molar-refractivity contribution is 0.121. The number of amides is 2. The van der Waals surface area contributed by atoms with Gasteiger partial charge in [-0.1, -0.05) is 22.9 Å². The van der Waals surface area contributed by atoms with Crippen LogP contribution < -0.4 is 15.4 Å². The molecule has 0 aliphatic heterocycles. The number of halogens is 1. The summed E-state index contributed by atoms with van der Waals surface area (Å²) in [6.07, 6.45) is 2.78. The van der Waals surface area contributed by atoms with Gasteiger partial charge >= 0.3 is 6.03 Å². The van der Waals surface area contributed by atoms with E-state index in [-0.39, 0.29) is 12.0 Å². The molecule has 2 amide bonds. The van der Waals surface area contributed by atoms with E-state index in [9.17, 15) is 4.79 Å². The van der Waals surface area contributed by atoms with Crippen molar-refractivity contribution >= 4 is 50.7 Å². The number of hydrogen-bond acceptors (Lipinski definition) is 7. The van der Waals surface area contributed by atoms with Crippen LogP contribution in [0.5, 0.6) is 5.88 Å². The van der Waals surface area contributed by atoms with Crippen LogP contribution in [0.25, 0.3) is 10.3 Å². The van der Waals surface area contributed by atoms with E-state index in [0.29, 0.717) is 16.4 Å². The van der Waals surface area contributed by atoms with Gasteiger partial charge in [-0.25, -0.2) is 19.7 Å². The summed E-state index contributed by atoms with van der Waals surface area (Å²) in [4.78, 5) is 26.2. The van der Waals surface area contributed by atoms with Gasteiger partial charge in [0.2, 0.25) is 5.88 Å². The Hall–Kier alpha value is -2.49. The average Bonchev–Trinajstić information content (AvgIpc) is 3.01. The molecule has 0 aliphatic carbocycles. The second-order valence-corrected chi connectivity index (χ2v) is 7.23. The Labute approximate surface area is 164 Å². The van der Waals surface area contributed by atoms with Gasteiger partial charge in [0.25, 0.3) is 0 Å². The molecular weight excluding hydrogens is 390 g/mol. The van der Waals surface area contributed by atoms with Gasteiger partial charge in [-0.05, 0) is 19.9 Å². The summed E-state index contributed by atoms with van der Waals surface area (Å²) in [5.74, 6) is 0.285. The largest absolute Gasteiger partial charge is 0.480 e. The summed E-state index contributed by atoms with van der Waals surface area (Å²) >= 11 is 7.52. The van der Waals surface area contributed by atoms with E-state index < -0.39 is 6.03 Å². The van der Waals surface area contributed by atoms with Crippen LogP contribution in [-0.2, 0) is 4.74 Å². The van der Waals surface area contributed by atoms with E-state index >= 15 is 0 Å². The molecule has 3 aromatic heterocycles. The average molecular weight is 408 g/mol. The number of aromatic nitrogens is 3. The molecule has 0 radical (unpaired) electrons. The zero-order chi connectivity index (χ0) is 19.6. The van der Waals surface area contributed by atoms with Gasteiger partial charge in [0.15, 0.2) is 0 Å². The Morgan fingerprint density at radius 3 is 2.70 bits per heavy atom. The van der Waals surface area contributed by atoms with E-state index in [2.05, 4.69) is 25.6 Å². The molecule has 2 N–H and O–H groups in total. The van der Waals surface area contributed by atoms with Gasteiger partial charge in [-0.15, -0.1) is 0 Å². The number of thiazole rings is 1. The maximum absolute atomic E-state index is 12.4. The molecule has 0 fully saturated rings. The first kappa shape index (κ1) is 19.3. The molecule has 0 spiro atoms. The Bertz CT molecular complexity index is 994. The number of nitrogens with zero attached hydrogens (tertiary/aromatic N) is 3. The Morgan fingerprint density at radius 1 is 1.26 bits per heavy atom. The highest BCUT2D eigenvalue weighted by molar-refractivity contribution is 7.18. The van der Waals surface area contributed by atoms with Crippen molar-refractivity contribution in [3.05, 3.63) is 34.1 Å². The van der Waals surface area contributed by atoms with E-state index in [1.54, 1.807) is 19.4 Å². The summed E-state index contributed by atoms with van der Waals surface area (Å²) in [6, 6.07) is 1.09. The SMILES string of the molecule is COc1ncc(NC(=O)Nc2cnc3sc(C)nc3c2C(C)OC)cc1Cl. The molecule has 3 heterocycles. The molecule has 10 heteroatoms. The van der Waals surface area contributed by atoms with Crippen molar-refractivity contribution in [2.24, 2.45) is 0 Å². The summed E-state index contributed by atoms with van der Waals surface area (Å²) < 4.78 is 10.5. The van der Waals surface area contributed by atoms with Crippen molar-refractivity contribution in [3.63, 3.8) is 0 Å². The van der Waals surface area contributed by atoms with Crippen molar-refractivity contribution in [2.75, 3.05) is 24.9 Å². The first-order chi connectivity index (χ1) is 12.9. The summed E-state index contributed by atoms with van der Waals surface area (Å²) in [7, 11) is 3.07. The van der Waals surface area contributed by atoms with Crippen LogP contribution in [0.2, 0.25) is 5.02 Å². The number of rotatable bonds is 5. The molecule has 0 aliphatic rings. The Morgan fingerprint density at radius 2 is 2.04 bits per heavy atom. The molecule has 0 bridgehead atoms. The third kappa shape index (κ3) is 4.10. The summed E-state index contributed by atoms with van der Waals surface area (Å²) in [5, 5.41) is 6.66. The maximum Gasteiger partial charge on any atom is 0.323 e. The number of hydrogen-bond donors (Lipinski definition) is 2. The minimum atomic E-state index is -0.462. The van der Waals surface area contributed by atoms with Crippen LogP contribution in [0.4, 0.5) is 16.2 Å². The van der Waals surface area contributed by atoms with Crippen LogP contribution in [0.15, 0.2) is 18.5 Å². The second-order valence-electron chi connectivity index (χ2n) is 5.64. The number of methoxy groups -OCH3 is 2. The molecule has 142 valence electrons. The second kappa shape index (κ2) is 8.03. The highest BCUT2D eigenvalue weighted by atomic mass is 35.5. The number of urea groups is 1. The molecule has 1 unspecified atom stereocenters. The minimum absolute atomic E-state index is 0.274. The van der Waals surface area contributed by atoms with E-state index in [0.717, 1.165) is 20.9 Å². The normalized spacial score (nSPS) is 12.0. The predicted molar refractivity (Wildman–Crippen MR) is 106 cm³/mol. The number of anilines is 2. The fourth-order valence-electron chi connectivity index (χ4n) is 2.56. The third-order valence-electron chi connectivity index (χ3n) is 3.84. The van der Waals surface area contributed by atoms with Gasteiger partial charge in [0.05, 0.1) is 42.0 Å². The van der Waals surface area contributed by atoms with E-state index in [1.807, 2.05) is 13.8 Å². The van der Waals surface area contributed by atoms with Crippen molar-refractivity contribution in [1.29, 1.82) is 0 Å². The molecular formula is C17H18ClN5O3S. The van der Waals surface area contributed by atoms with Gasteiger partial charge in [-0.2, -0.15) is 0 Å². The number of fused-ring (bicyclic) bond motifs is 1. The molecule has 1 atom stereocenters. The molecule has 3 aromatic rings. The van der Waals surface area contributed by atoms with Crippen LogP contribution in [0, 0.1) is 6.92 Å². The highest BCUT2D eigenvalue weighted by Gasteiger charge is 2.20.